The molecule has 2 N–H and O–H groups in total. The molecule has 1 rings (SSSR count). The molecule has 0 saturated carbocycles. The Kier molecular flexibility index (Phi) is 7.01. The number of hydrogen-bond acceptors (Lipinski definition) is 5. The van der Waals surface area contributed by atoms with Crippen molar-refractivity contribution in [1.29, 1.82) is 0 Å². The highest BCUT2D eigenvalue weighted by Gasteiger charge is 2.10. The van der Waals surface area contributed by atoms with Crippen LogP contribution in [0.3, 0.4) is 0 Å². The van der Waals surface area contributed by atoms with Crippen molar-refractivity contribution in [3.8, 4) is 5.75 Å². The van der Waals surface area contributed by atoms with Crippen molar-refractivity contribution >= 4 is 5.78 Å². The van der Waals surface area contributed by atoms with Crippen molar-refractivity contribution in [2.75, 3.05) is 40.0 Å². The molecule has 0 amide bonds. The van der Waals surface area contributed by atoms with E-state index in [4.69, 9.17) is 14.6 Å². The quantitative estimate of drug-likeness (QED) is 0.495. The second kappa shape index (κ2) is 8.63. The number of para-hydroxylation sites is 1. The number of ether oxygens (including phenoxy) is 2. The molecule has 0 aromatic heterocycles. The van der Waals surface area contributed by atoms with Crippen LogP contribution in [0, 0.1) is 0 Å². The maximum absolute atomic E-state index is 11.9. The minimum atomic E-state index is -0.0189. The van der Waals surface area contributed by atoms with E-state index in [1.165, 1.54) is 0 Å². The standard InChI is InChI=1S/C13H19NO4/c1-17-13-5-3-2-4-11(13)12(16)10-14-6-8-18-9-7-15/h2-5,14-15H,6-10H2,1H3. The number of methoxy groups -OCH3 is 1. The number of carbonyl (C=O) groups excluding carboxylic acids is 1. The molecule has 0 spiro atoms. The van der Waals surface area contributed by atoms with Gasteiger partial charge >= 0.3 is 0 Å². The third-order valence-electron chi connectivity index (χ3n) is 2.35. The van der Waals surface area contributed by atoms with Crippen LogP contribution in [-0.4, -0.2) is 50.9 Å². The normalized spacial score (nSPS) is 10.3. The molecule has 0 fully saturated rings. The van der Waals surface area contributed by atoms with E-state index in [9.17, 15) is 4.79 Å². The summed E-state index contributed by atoms with van der Waals surface area (Å²) in [4.78, 5) is 11.9. The molecule has 0 radical (unpaired) electrons. The average molecular weight is 253 g/mol. The fourth-order valence-electron chi connectivity index (χ4n) is 1.48. The summed E-state index contributed by atoms with van der Waals surface area (Å²) in [6, 6.07) is 7.13. The number of ketones is 1. The van der Waals surface area contributed by atoms with Crippen LogP contribution in [0.5, 0.6) is 5.75 Å². The molecule has 1 aromatic carbocycles. The number of rotatable bonds is 9. The largest absolute Gasteiger partial charge is 0.496 e. The second-order valence-corrected chi connectivity index (χ2v) is 3.64. The first-order valence-corrected chi connectivity index (χ1v) is 5.85. The van der Waals surface area contributed by atoms with Crippen LogP contribution in [0.2, 0.25) is 0 Å². The summed E-state index contributed by atoms with van der Waals surface area (Å²) in [6.07, 6.45) is 0. The van der Waals surface area contributed by atoms with Gasteiger partial charge in [0.1, 0.15) is 5.75 Å². The molecule has 0 bridgehead atoms. The lowest BCUT2D eigenvalue weighted by molar-refractivity contribution is 0.0905. The smallest absolute Gasteiger partial charge is 0.180 e. The maximum atomic E-state index is 11.9. The van der Waals surface area contributed by atoms with Crippen molar-refractivity contribution in [3.63, 3.8) is 0 Å². The zero-order valence-electron chi connectivity index (χ0n) is 10.5. The lowest BCUT2D eigenvalue weighted by Gasteiger charge is -2.08. The van der Waals surface area contributed by atoms with E-state index >= 15 is 0 Å². The minimum Gasteiger partial charge on any atom is -0.496 e. The van der Waals surface area contributed by atoms with Gasteiger partial charge in [-0.3, -0.25) is 4.79 Å². The van der Waals surface area contributed by atoms with Crippen molar-refractivity contribution < 1.29 is 19.4 Å². The fourth-order valence-corrected chi connectivity index (χ4v) is 1.48. The van der Waals surface area contributed by atoms with Gasteiger partial charge in [-0.1, -0.05) is 12.1 Å². The molecule has 0 atom stereocenters. The van der Waals surface area contributed by atoms with Gasteiger partial charge in [-0.25, -0.2) is 0 Å². The number of carbonyl (C=O) groups is 1. The lowest BCUT2D eigenvalue weighted by atomic mass is 10.1. The van der Waals surface area contributed by atoms with Crippen molar-refractivity contribution in [2.24, 2.45) is 0 Å². The first kappa shape index (κ1) is 14.6. The van der Waals surface area contributed by atoms with Crippen LogP contribution in [0.4, 0.5) is 0 Å². The molecule has 0 aliphatic rings. The predicted octanol–water partition coefficient (Wildman–Crippen LogP) is 0.476. The second-order valence-electron chi connectivity index (χ2n) is 3.64. The van der Waals surface area contributed by atoms with Gasteiger partial charge in [0.25, 0.3) is 0 Å². The number of Topliss-reactive ketones (excluding diaryl/α,β-unsaturated/α-hetero) is 1. The van der Waals surface area contributed by atoms with Gasteiger partial charge in [-0.15, -0.1) is 0 Å². The van der Waals surface area contributed by atoms with E-state index in [1.54, 1.807) is 25.3 Å². The highest BCUT2D eigenvalue weighted by Crippen LogP contribution is 2.17. The highest BCUT2D eigenvalue weighted by molar-refractivity contribution is 6.00. The molecule has 1 aromatic rings. The Bertz CT molecular complexity index is 368. The van der Waals surface area contributed by atoms with Gasteiger partial charge in [0.15, 0.2) is 5.78 Å². The topological polar surface area (TPSA) is 67.8 Å². The van der Waals surface area contributed by atoms with E-state index in [0.29, 0.717) is 31.1 Å². The Morgan fingerprint density at radius 2 is 2.11 bits per heavy atom. The Morgan fingerprint density at radius 3 is 2.83 bits per heavy atom. The van der Waals surface area contributed by atoms with Gasteiger partial charge in [0.05, 0.1) is 39.0 Å². The molecule has 0 aliphatic carbocycles. The number of hydrogen-bond donors (Lipinski definition) is 2. The van der Waals surface area contributed by atoms with Gasteiger partial charge in [0, 0.05) is 6.54 Å². The van der Waals surface area contributed by atoms with Crippen molar-refractivity contribution in [2.45, 2.75) is 0 Å². The number of aliphatic hydroxyl groups excluding tert-OH is 1. The summed E-state index contributed by atoms with van der Waals surface area (Å²) in [5, 5.41) is 11.5. The highest BCUT2D eigenvalue weighted by atomic mass is 16.5. The molecule has 0 saturated heterocycles. The zero-order chi connectivity index (χ0) is 13.2. The zero-order valence-corrected chi connectivity index (χ0v) is 10.5. The van der Waals surface area contributed by atoms with Crippen LogP contribution in [-0.2, 0) is 4.74 Å². The third kappa shape index (κ3) is 4.83. The van der Waals surface area contributed by atoms with Crippen LogP contribution in [0.25, 0.3) is 0 Å². The van der Waals surface area contributed by atoms with Crippen LogP contribution in [0.15, 0.2) is 24.3 Å². The first-order chi connectivity index (χ1) is 8.79. The molecule has 18 heavy (non-hydrogen) atoms. The predicted molar refractivity (Wildman–Crippen MR) is 68.1 cm³/mol. The summed E-state index contributed by atoms with van der Waals surface area (Å²) in [7, 11) is 1.54. The molecule has 5 heteroatoms. The maximum Gasteiger partial charge on any atom is 0.180 e. The fraction of sp³-hybridized carbons (Fsp3) is 0.462. The van der Waals surface area contributed by atoms with E-state index < -0.39 is 0 Å². The Hall–Kier alpha value is -1.43. The van der Waals surface area contributed by atoms with Crippen molar-refractivity contribution in [1.82, 2.24) is 5.32 Å². The molecule has 0 unspecified atom stereocenters. The van der Waals surface area contributed by atoms with Gasteiger partial charge < -0.3 is 19.9 Å². The Morgan fingerprint density at radius 1 is 1.33 bits per heavy atom. The van der Waals surface area contributed by atoms with E-state index in [2.05, 4.69) is 5.32 Å². The number of benzene rings is 1. The summed E-state index contributed by atoms with van der Waals surface area (Å²) in [5.74, 6) is 0.565. The molecule has 5 nitrogen and oxygen atoms in total. The summed E-state index contributed by atoms with van der Waals surface area (Å²) in [6.45, 7) is 1.62. The van der Waals surface area contributed by atoms with E-state index in [1.807, 2.05) is 6.07 Å². The molecule has 0 aliphatic heterocycles. The minimum absolute atomic E-state index is 0.0140. The average Bonchev–Trinajstić information content (AvgIpc) is 2.42. The van der Waals surface area contributed by atoms with Crippen LogP contribution >= 0.6 is 0 Å². The van der Waals surface area contributed by atoms with Gasteiger partial charge in [0.2, 0.25) is 0 Å². The van der Waals surface area contributed by atoms with Crippen LogP contribution in [0.1, 0.15) is 10.4 Å². The Balaban J connectivity index is 2.32. The van der Waals surface area contributed by atoms with Crippen molar-refractivity contribution in [3.05, 3.63) is 29.8 Å². The van der Waals surface area contributed by atoms with E-state index in [0.717, 1.165) is 0 Å². The molecule has 100 valence electrons. The lowest BCUT2D eigenvalue weighted by Crippen LogP contribution is -2.27. The van der Waals surface area contributed by atoms with E-state index in [-0.39, 0.29) is 18.9 Å². The molecule has 0 heterocycles. The summed E-state index contributed by atoms with van der Waals surface area (Å²) < 4.78 is 10.2. The number of nitrogens with one attached hydrogen (secondary N) is 1. The van der Waals surface area contributed by atoms with Gasteiger partial charge in [-0.05, 0) is 12.1 Å². The monoisotopic (exact) mass is 253 g/mol. The first-order valence-electron chi connectivity index (χ1n) is 5.85. The SMILES string of the molecule is COc1ccccc1C(=O)CNCCOCCO. The molecular formula is C13H19NO4. The van der Waals surface area contributed by atoms with Gasteiger partial charge in [-0.2, -0.15) is 0 Å². The summed E-state index contributed by atoms with van der Waals surface area (Å²) in [5.41, 5.74) is 0.573. The molecular weight excluding hydrogens is 234 g/mol. The summed E-state index contributed by atoms with van der Waals surface area (Å²) >= 11 is 0. The van der Waals surface area contributed by atoms with Crippen LogP contribution < -0.4 is 10.1 Å². The number of aliphatic hydroxyl groups is 1. The third-order valence-corrected chi connectivity index (χ3v) is 2.35. The Labute approximate surface area is 107 Å².